The second-order valence-corrected chi connectivity index (χ2v) is 8.21. The van der Waals surface area contributed by atoms with Crippen molar-refractivity contribution in [2.24, 2.45) is 0 Å². The summed E-state index contributed by atoms with van der Waals surface area (Å²) in [6.45, 7) is 3.65. The molecule has 1 fully saturated rings. The molecule has 0 radical (unpaired) electrons. The second kappa shape index (κ2) is 7.30. The van der Waals surface area contributed by atoms with Crippen LogP contribution >= 0.6 is 0 Å². The lowest BCUT2D eigenvalue weighted by atomic mass is 9.91. The Labute approximate surface area is 183 Å². The number of fused-ring (bicyclic) bond motifs is 1. The minimum Gasteiger partial charge on any atom is -0.337 e. The first-order valence-corrected chi connectivity index (χ1v) is 10.3. The molecule has 4 amide bonds. The monoisotopic (exact) mass is 431 g/mol. The fourth-order valence-corrected chi connectivity index (χ4v) is 4.28. The number of benzene rings is 2. The highest BCUT2D eigenvalue weighted by atomic mass is 16.5. The third-order valence-corrected chi connectivity index (χ3v) is 6.12. The zero-order valence-electron chi connectivity index (χ0n) is 17.6. The summed E-state index contributed by atoms with van der Waals surface area (Å²) in [7, 11) is 0. The van der Waals surface area contributed by atoms with E-state index in [1.807, 2.05) is 24.3 Å². The average molecular weight is 431 g/mol. The standard InChI is InChI=1S/C23H21N5O4/c1-13(29)28-12-16-7-4-3-6-14(16)11-18(28)20-24-19(27-32-20)15-8-5-9-17(10-15)23(2)21(30)25-22(31)26-23/h3-10,18H,11-12H2,1-2H3,(H2,25,26,30,31). The summed E-state index contributed by atoms with van der Waals surface area (Å²) in [5, 5.41) is 9.03. The lowest BCUT2D eigenvalue weighted by molar-refractivity contribution is -0.133. The lowest BCUT2D eigenvalue weighted by Crippen LogP contribution is -2.40. The van der Waals surface area contributed by atoms with Crippen LogP contribution in [0, 0.1) is 0 Å². The molecule has 0 bridgehead atoms. The molecule has 0 spiro atoms. The summed E-state index contributed by atoms with van der Waals surface area (Å²) in [4.78, 5) is 42.5. The van der Waals surface area contributed by atoms with Gasteiger partial charge in [-0.25, -0.2) is 4.79 Å². The highest BCUT2D eigenvalue weighted by Crippen LogP contribution is 2.34. The Bertz CT molecular complexity index is 1250. The van der Waals surface area contributed by atoms with Gasteiger partial charge in [-0.3, -0.25) is 14.9 Å². The molecule has 5 rings (SSSR count). The summed E-state index contributed by atoms with van der Waals surface area (Å²) in [6.07, 6.45) is 0.585. The maximum absolute atomic E-state index is 12.3. The van der Waals surface area contributed by atoms with Gasteiger partial charge in [0.2, 0.25) is 17.6 Å². The number of imide groups is 1. The zero-order valence-corrected chi connectivity index (χ0v) is 17.6. The van der Waals surface area contributed by atoms with Crippen LogP contribution < -0.4 is 10.6 Å². The molecule has 162 valence electrons. The van der Waals surface area contributed by atoms with Gasteiger partial charge >= 0.3 is 6.03 Å². The van der Waals surface area contributed by atoms with E-state index >= 15 is 0 Å². The van der Waals surface area contributed by atoms with Gasteiger partial charge in [0.1, 0.15) is 11.6 Å². The molecule has 2 aromatic carbocycles. The quantitative estimate of drug-likeness (QED) is 0.615. The van der Waals surface area contributed by atoms with Crippen LogP contribution in [0.4, 0.5) is 4.79 Å². The molecule has 1 aromatic heterocycles. The molecule has 9 nitrogen and oxygen atoms in total. The normalized spacial score (nSPS) is 22.3. The van der Waals surface area contributed by atoms with Crippen LogP contribution in [0.1, 0.15) is 42.5 Å². The summed E-state index contributed by atoms with van der Waals surface area (Å²) in [6, 6.07) is 14.2. The summed E-state index contributed by atoms with van der Waals surface area (Å²) >= 11 is 0. The molecule has 2 N–H and O–H groups in total. The van der Waals surface area contributed by atoms with Crippen LogP contribution in [0.2, 0.25) is 0 Å². The van der Waals surface area contributed by atoms with Crippen molar-refractivity contribution >= 4 is 17.8 Å². The third-order valence-electron chi connectivity index (χ3n) is 6.12. The average Bonchev–Trinajstić information content (AvgIpc) is 3.37. The van der Waals surface area contributed by atoms with Crippen LogP contribution in [0.25, 0.3) is 11.4 Å². The van der Waals surface area contributed by atoms with E-state index in [1.54, 1.807) is 36.1 Å². The van der Waals surface area contributed by atoms with Gasteiger partial charge in [-0.2, -0.15) is 4.98 Å². The fraction of sp³-hybridized carbons (Fsp3) is 0.261. The summed E-state index contributed by atoms with van der Waals surface area (Å²) in [5.74, 6) is 0.208. The van der Waals surface area contributed by atoms with Crippen LogP contribution in [-0.4, -0.2) is 32.9 Å². The number of amides is 4. The van der Waals surface area contributed by atoms with Crippen molar-refractivity contribution in [1.29, 1.82) is 0 Å². The highest BCUT2D eigenvalue weighted by molar-refractivity contribution is 6.07. The number of carbonyl (C=O) groups is 3. The fourth-order valence-electron chi connectivity index (χ4n) is 4.28. The Hall–Kier alpha value is -4.01. The molecule has 9 heteroatoms. The van der Waals surface area contributed by atoms with Crippen molar-refractivity contribution in [3.05, 3.63) is 71.1 Å². The van der Waals surface area contributed by atoms with E-state index in [4.69, 9.17) is 4.52 Å². The number of nitrogens with zero attached hydrogens (tertiary/aromatic N) is 3. The van der Waals surface area contributed by atoms with Crippen molar-refractivity contribution in [1.82, 2.24) is 25.7 Å². The van der Waals surface area contributed by atoms with Gasteiger partial charge < -0.3 is 14.7 Å². The highest BCUT2D eigenvalue weighted by Gasteiger charge is 2.43. The Balaban J connectivity index is 1.47. The Morgan fingerprint density at radius 1 is 1.16 bits per heavy atom. The maximum Gasteiger partial charge on any atom is 0.322 e. The number of carbonyl (C=O) groups excluding carboxylic acids is 3. The molecule has 2 atom stereocenters. The van der Waals surface area contributed by atoms with Gasteiger partial charge in [-0.15, -0.1) is 0 Å². The van der Waals surface area contributed by atoms with Crippen molar-refractivity contribution in [3.63, 3.8) is 0 Å². The predicted octanol–water partition coefficient (Wildman–Crippen LogP) is 2.44. The molecule has 0 saturated carbocycles. The zero-order chi connectivity index (χ0) is 22.5. The second-order valence-electron chi connectivity index (χ2n) is 8.21. The van der Waals surface area contributed by atoms with E-state index in [2.05, 4.69) is 20.8 Å². The van der Waals surface area contributed by atoms with Crippen LogP contribution in [0.15, 0.2) is 53.1 Å². The molecule has 3 aromatic rings. The molecular weight excluding hydrogens is 410 g/mol. The maximum atomic E-state index is 12.3. The van der Waals surface area contributed by atoms with E-state index < -0.39 is 17.5 Å². The molecule has 3 heterocycles. The van der Waals surface area contributed by atoms with Crippen molar-refractivity contribution in [2.45, 2.75) is 38.4 Å². The van der Waals surface area contributed by atoms with Gasteiger partial charge in [0.25, 0.3) is 5.91 Å². The topological polar surface area (TPSA) is 117 Å². The van der Waals surface area contributed by atoms with E-state index in [0.29, 0.717) is 35.8 Å². The molecule has 2 aliphatic heterocycles. The number of aromatic nitrogens is 2. The minimum absolute atomic E-state index is 0.0674. The minimum atomic E-state index is -1.18. The Morgan fingerprint density at radius 2 is 1.94 bits per heavy atom. The molecular formula is C23H21N5O4. The molecule has 0 aliphatic carbocycles. The Kier molecular flexibility index (Phi) is 4.54. The van der Waals surface area contributed by atoms with Gasteiger partial charge in [0.15, 0.2) is 0 Å². The third kappa shape index (κ3) is 3.22. The van der Waals surface area contributed by atoms with Gasteiger partial charge in [-0.1, -0.05) is 47.6 Å². The summed E-state index contributed by atoms with van der Waals surface area (Å²) in [5.41, 5.74) is 2.31. The predicted molar refractivity (Wildman–Crippen MR) is 113 cm³/mol. The number of nitrogens with one attached hydrogen (secondary N) is 2. The van der Waals surface area contributed by atoms with E-state index in [0.717, 1.165) is 11.1 Å². The van der Waals surface area contributed by atoms with Crippen LogP contribution in [-0.2, 0) is 28.1 Å². The number of urea groups is 1. The van der Waals surface area contributed by atoms with Gasteiger partial charge in [-0.05, 0) is 29.7 Å². The SMILES string of the molecule is CC(=O)N1Cc2ccccc2CC1c1nc(-c2cccc(C3(C)NC(=O)NC3=O)c2)no1. The number of hydrogen-bond acceptors (Lipinski definition) is 6. The smallest absolute Gasteiger partial charge is 0.322 e. The van der Waals surface area contributed by atoms with Gasteiger partial charge in [0.05, 0.1) is 0 Å². The molecule has 2 unspecified atom stereocenters. The number of hydrogen-bond donors (Lipinski definition) is 2. The van der Waals surface area contributed by atoms with E-state index in [-0.39, 0.29) is 11.9 Å². The van der Waals surface area contributed by atoms with Crippen molar-refractivity contribution in [3.8, 4) is 11.4 Å². The van der Waals surface area contributed by atoms with Gasteiger partial charge in [0, 0.05) is 25.5 Å². The number of rotatable bonds is 3. The molecule has 1 saturated heterocycles. The van der Waals surface area contributed by atoms with E-state index in [9.17, 15) is 14.4 Å². The summed E-state index contributed by atoms with van der Waals surface area (Å²) < 4.78 is 5.58. The van der Waals surface area contributed by atoms with Crippen molar-refractivity contribution in [2.75, 3.05) is 0 Å². The molecule has 32 heavy (non-hydrogen) atoms. The first kappa shape index (κ1) is 19.9. The first-order valence-electron chi connectivity index (χ1n) is 10.3. The van der Waals surface area contributed by atoms with E-state index in [1.165, 1.54) is 6.92 Å². The van der Waals surface area contributed by atoms with Crippen LogP contribution in [0.3, 0.4) is 0 Å². The Morgan fingerprint density at radius 3 is 2.66 bits per heavy atom. The van der Waals surface area contributed by atoms with Crippen molar-refractivity contribution < 1.29 is 18.9 Å². The molecule has 2 aliphatic rings. The van der Waals surface area contributed by atoms with Crippen LogP contribution in [0.5, 0.6) is 0 Å². The first-order chi connectivity index (χ1) is 15.3. The largest absolute Gasteiger partial charge is 0.337 e. The lowest BCUT2D eigenvalue weighted by Gasteiger charge is -2.34.